The predicted octanol–water partition coefficient (Wildman–Crippen LogP) is 3.61. The lowest BCUT2D eigenvalue weighted by Gasteiger charge is -2.09. The third kappa shape index (κ3) is 4.99. The van der Waals surface area contributed by atoms with Gasteiger partial charge in [-0.3, -0.25) is 0 Å². The van der Waals surface area contributed by atoms with Crippen molar-refractivity contribution in [1.82, 2.24) is 4.83 Å². The summed E-state index contributed by atoms with van der Waals surface area (Å²) in [6.07, 6.45) is 0. The third-order valence-electron chi connectivity index (χ3n) is 3.44. The summed E-state index contributed by atoms with van der Waals surface area (Å²) in [7, 11) is -3.83. The first-order valence-corrected chi connectivity index (χ1v) is 8.86. The van der Waals surface area contributed by atoms with Crippen molar-refractivity contribution in [2.75, 3.05) is 0 Å². The maximum absolute atomic E-state index is 12.4. The smallest absolute Gasteiger partial charge is 0.387 e. The summed E-state index contributed by atoms with van der Waals surface area (Å²) in [5, 5.41) is 3.87. The van der Waals surface area contributed by atoms with Crippen LogP contribution in [0.25, 0.3) is 0 Å². The third-order valence-corrected chi connectivity index (χ3v) is 4.79. The van der Waals surface area contributed by atoms with Crippen molar-refractivity contribution >= 4 is 15.7 Å². The SMILES string of the molecule is C/C(=N/NS(=O)(=O)c1cc(C)ccc1C)c1cccc(OC(F)F)c1. The van der Waals surface area contributed by atoms with E-state index >= 15 is 0 Å². The zero-order valence-electron chi connectivity index (χ0n) is 14.0. The zero-order chi connectivity index (χ0) is 18.6. The second kappa shape index (κ2) is 7.60. The lowest BCUT2D eigenvalue weighted by molar-refractivity contribution is -0.0498. The van der Waals surface area contributed by atoms with E-state index in [-0.39, 0.29) is 10.6 Å². The molecule has 0 unspecified atom stereocenters. The average Bonchev–Trinajstić information content (AvgIpc) is 2.54. The van der Waals surface area contributed by atoms with Crippen LogP contribution in [0.1, 0.15) is 23.6 Å². The average molecular weight is 368 g/mol. The Bertz CT molecular complexity index is 897. The number of alkyl halides is 2. The largest absolute Gasteiger partial charge is 0.435 e. The minimum Gasteiger partial charge on any atom is -0.435 e. The summed E-state index contributed by atoms with van der Waals surface area (Å²) < 4.78 is 53.7. The van der Waals surface area contributed by atoms with Crippen LogP contribution in [0.3, 0.4) is 0 Å². The van der Waals surface area contributed by atoms with Gasteiger partial charge in [-0.05, 0) is 50.1 Å². The molecule has 2 aromatic carbocycles. The molecule has 0 aliphatic rings. The van der Waals surface area contributed by atoms with E-state index in [9.17, 15) is 17.2 Å². The second-order valence-corrected chi connectivity index (χ2v) is 7.10. The van der Waals surface area contributed by atoms with E-state index in [1.807, 2.05) is 6.07 Å². The standard InChI is InChI=1S/C17H18F2N2O3S/c1-11-7-8-12(2)16(9-11)25(22,23)21-20-13(3)14-5-4-6-15(10-14)24-17(18)19/h4-10,17,21H,1-3H3/b20-13-. The highest BCUT2D eigenvalue weighted by atomic mass is 32.2. The molecule has 0 fully saturated rings. The summed E-state index contributed by atoms with van der Waals surface area (Å²) in [5.74, 6) is -0.0283. The molecule has 0 aliphatic carbocycles. The molecule has 2 rings (SSSR count). The molecular formula is C17H18F2N2O3S. The molecule has 25 heavy (non-hydrogen) atoms. The first-order valence-electron chi connectivity index (χ1n) is 7.37. The van der Waals surface area contributed by atoms with Gasteiger partial charge in [-0.2, -0.15) is 27.1 Å². The van der Waals surface area contributed by atoms with Gasteiger partial charge >= 0.3 is 6.61 Å². The van der Waals surface area contributed by atoms with Crippen LogP contribution in [-0.2, 0) is 10.0 Å². The monoisotopic (exact) mass is 368 g/mol. The molecule has 8 heteroatoms. The minimum absolute atomic E-state index is 0.0283. The van der Waals surface area contributed by atoms with Crippen LogP contribution < -0.4 is 9.57 Å². The Balaban J connectivity index is 2.24. The Labute approximate surface area is 145 Å². The number of hydrazone groups is 1. The van der Waals surface area contributed by atoms with Crippen LogP contribution in [-0.4, -0.2) is 20.7 Å². The van der Waals surface area contributed by atoms with E-state index in [1.165, 1.54) is 18.2 Å². The number of sulfonamides is 1. The molecule has 0 heterocycles. The summed E-state index contributed by atoms with van der Waals surface area (Å²) in [4.78, 5) is 2.31. The maximum atomic E-state index is 12.4. The summed E-state index contributed by atoms with van der Waals surface area (Å²) in [6.45, 7) is 2.11. The highest BCUT2D eigenvalue weighted by Gasteiger charge is 2.16. The van der Waals surface area contributed by atoms with Gasteiger partial charge in [0.15, 0.2) is 0 Å². The van der Waals surface area contributed by atoms with Gasteiger partial charge < -0.3 is 4.74 Å². The van der Waals surface area contributed by atoms with E-state index in [0.717, 1.165) is 5.56 Å². The number of halogens is 2. The van der Waals surface area contributed by atoms with Crippen molar-refractivity contribution in [3.8, 4) is 5.75 Å². The minimum atomic E-state index is -3.83. The van der Waals surface area contributed by atoms with Crippen LogP contribution >= 0.6 is 0 Å². The molecule has 0 atom stereocenters. The number of benzene rings is 2. The molecule has 2 aromatic rings. The lowest BCUT2D eigenvalue weighted by Crippen LogP contribution is -2.21. The first kappa shape index (κ1) is 18.9. The normalized spacial score (nSPS) is 12.3. The fraction of sp³-hybridized carbons (Fsp3) is 0.235. The lowest BCUT2D eigenvalue weighted by atomic mass is 10.1. The van der Waals surface area contributed by atoms with Crippen LogP contribution in [0.15, 0.2) is 52.5 Å². The number of aryl methyl sites for hydroxylation is 2. The molecular weight excluding hydrogens is 350 g/mol. The van der Waals surface area contributed by atoms with Gasteiger partial charge in [0.2, 0.25) is 0 Å². The number of rotatable bonds is 6. The Morgan fingerprint density at radius 1 is 1.16 bits per heavy atom. The van der Waals surface area contributed by atoms with Gasteiger partial charge in [-0.1, -0.05) is 24.3 Å². The van der Waals surface area contributed by atoms with E-state index in [0.29, 0.717) is 16.8 Å². The number of hydrogen-bond acceptors (Lipinski definition) is 4. The quantitative estimate of drug-likeness (QED) is 0.626. The number of nitrogens with zero attached hydrogens (tertiary/aromatic N) is 1. The summed E-state index contributed by atoms with van der Waals surface area (Å²) in [5.41, 5.74) is 2.18. The maximum Gasteiger partial charge on any atom is 0.387 e. The highest BCUT2D eigenvalue weighted by Crippen LogP contribution is 2.18. The number of hydrogen-bond donors (Lipinski definition) is 1. The highest BCUT2D eigenvalue weighted by molar-refractivity contribution is 7.89. The van der Waals surface area contributed by atoms with Gasteiger partial charge in [0.1, 0.15) is 5.75 Å². The Hall–Kier alpha value is -2.48. The fourth-order valence-electron chi connectivity index (χ4n) is 2.14. The van der Waals surface area contributed by atoms with Crippen molar-refractivity contribution in [2.45, 2.75) is 32.3 Å². The molecule has 0 amide bonds. The van der Waals surface area contributed by atoms with E-state index < -0.39 is 16.6 Å². The fourth-order valence-corrected chi connectivity index (χ4v) is 3.32. The van der Waals surface area contributed by atoms with Crippen LogP contribution in [0.4, 0.5) is 8.78 Å². The van der Waals surface area contributed by atoms with E-state index in [4.69, 9.17) is 0 Å². The van der Waals surface area contributed by atoms with Crippen LogP contribution in [0.5, 0.6) is 5.75 Å². The van der Waals surface area contributed by atoms with E-state index in [1.54, 1.807) is 39.0 Å². The van der Waals surface area contributed by atoms with Gasteiger partial charge in [-0.25, -0.2) is 0 Å². The molecule has 0 saturated carbocycles. The molecule has 0 radical (unpaired) electrons. The van der Waals surface area contributed by atoms with Crippen molar-refractivity contribution in [3.63, 3.8) is 0 Å². The first-order chi connectivity index (χ1) is 11.7. The van der Waals surface area contributed by atoms with Crippen molar-refractivity contribution < 1.29 is 21.9 Å². The summed E-state index contributed by atoms with van der Waals surface area (Å²) in [6, 6.07) is 11.0. The van der Waals surface area contributed by atoms with Gasteiger partial charge in [-0.15, -0.1) is 0 Å². The molecule has 134 valence electrons. The van der Waals surface area contributed by atoms with Crippen LogP contribution in [0, 0.1) is 13.8 Å². The summed E-state index contributed by atoms with van der Waals surface area (Å²) >= 11 is 0. The predicted molar refractivity (Wildman–Crippen MR) is 91.5 cm³/mol. The molecule has 5 nitrogen and oxygen atoms in total. The molecule has 0 saturated heterocycles. The molecule has 1 N–H and O–H groups in total. The van der Waals surface area contributed by atoms with Gasteiger partial charge in [0.05, 0.1) is 10.6 Å². The van der Waals surface area contributed by atoms with Crippen molar-refractivity contribution in [3.05, 3.63) is 59.2 Å². The molecule has 0 spiro atoms. The van der Waals surface area contributed by atoms with Crippen molar-refractivity contribution in [2.24, 2.45) is 5.10 Å². The molecule has 0 aliphatic heterocycles. The second-order valence-electron chi connectivity index (χ2n) is 5.47. The number of nitrogens with one attached hydrogen (secondary N) is 1. The van der Waals surface area contributed by atoms with Crippen LogP contribution in [0.2, 0.25) is 0 Å². The molecule has 0 aromatic heterocycles. The Morgan fingerprint density at radius 2 is 1.88 bits per heavy atom. The topological polar surface area (TPSA) is 67.8 Å². The van der Waals surface area contributed by atoms with Gasteiger partial charge in [0.25, 0.3) is 10.0 Å². The number of ether oxygens (including phenoxy) is 1. The van der Waals surface area contributed by atoms with E-state index in [2.05, 4.69) is 14.7 Å². The Kier molecular flexibility index (Phi) is 5.73. The van der Waals surface area contributed by atoms with Gasteiger partial charge in [0, 0.05) is 5.56 Å². The molecule has 0 bridgehead atoms. The zero-order valence-corrected chi connectivity index (χ0v) is 14.8. The van der Waals surface area contributed by atoms with Crippen molar-refractivity contribution in [1.29, 1.82) is 0 Å². The Morgan fingerprint density at radius 3 is 2.56 bits per heavy atom.